The molecule has 1 saturated heterocycles. The predicted octanol–water partition coefficient (Wildman–Crippen LogP) is 2.85. The predicted molar refractivity (Wildman–Crippen MR) is 95.8 cm³/mol. The number of carbonyl (C=O) groups excluding carboxylic acids is 1. The van der Waals surface area contributed by atoms with E-state index in [4.69, 9.17) is 0 Å². The van der Waals surface area contributed by atoms with Crippen molar-refractivity contribution in [3.8, 4) is 0 Å². The summed E-state index contributed by atoms with van der Waals surface area (Å²) in [5.74, 6) is 1.90. The minimum atomic E-state index is -2.91. The van der Waals surface area contributed by atoms with Crippen LogP contribution in [0.1, 0.15) is 56.1 Å². The molecule has 5 heteroatoms. The Kier molecular flexibility index (Phi) is 5.00. The van der Waals surface area contributed by atoms with Crippen molar-refractivity contribution in [2.45, 2.75) is 44.9 Å². The zero-order valence-electron chi connectivity index (χ0n) is 14.5. The van der Waals surface area contributed by atoms with E-state index in [0.717, 1.165) is 6.42 Å². The second kappa shape index (κ2) is 6.87. The number of benzene rings is 1. The molecule has 4 nitrogen and oxygen atoms in total. The molecule has 0 aromatic heterocycles. The third-order valence-electron chi connectivity index (χ3n) is 5.52. The Labute approximate surface area is 145 Å². The minimum Gasteiger partial charge on any atom is -0.355 e. The summed E-state index contributed by atoms with van der Waals surface area (Å²) >= 11 is 0. The van der Waals surface area contributed by atoms with E-state index in [2.05, 4.69) is 43.4 Å². The average Bonchev–Trinajstić information content (AvgIpc) is 3.05. The lowest BCUT2D eigenvalue weighted by atomic mass is 9.90. The highest BCUT2D eigenvalue weighted by Crippen LogP contribution is 2.44. The Morgan fingerprint density at radius 3 is 2.58 bits per heavy atom. The van der Waals surface area contributed by atoms with Gasteiger partial charge in [-0.1, -0.05) is 38.1 Å². The molecule has 0 bridgehead atoms. The number of rotatable bonds is 5. The van der Waals surface area contributed by atoms with Gasteiger partial charge in [-0.15, -0.1) is 0 Å². The summed E-state index contributed by atoms with van der Waals surface area (Å²) in [6.07, 6.45) is 2.04. The molecule has 1 fully saturated rings. The topological polar surface area (TPSA) is 63.2 Å². The van der Waals surface area contributed by atoms with Crippen LogP contribution < -0.4 is 5.32 Å². The lowest BCUT2D eigenvalue weighted by Crippen LogP contribution is -2.29. The van der Waals surface area contributed by atoms with Crippen molar-refractivity contribution in [1.29, 1.82) is 0 Å². The summed E-state index contributed by atoms with van der Waals surface area (Å²) < 4.78 is 23.0. The van der Waals surface area contributed by atoms with Crippen molar-refractivity contribution in [1.82, 2.24) is 5.32 Å². The lowest BCUT2D eigenvalue weighted by Gasteiger charge is -2.16. The van der Waals surface area contributed by atoms with Gasteiger partial charge in [0.2, 0.25) is 5.91 Å². The zero-order chi connectivity index (χ0) is 17.3. The summed E-state index contributed by atoms with van der Waals surface area (Å²) in [6, 6.07) is 8.55. The fourth-order valence-electron chi connectivity index (χ4n) is 4.21. The highest BCUT2D eigenvalue weighted by Gasteiger charge is 2.33. The van der Waals surface area contributed by atoms with Crippen LogP contribution in [0.15, 0.2) is 24.3 Å². The van der Waals surface area contributed by atoms with Gasteiger partial charge in [0.05, 0.1) is 11.5 Å². The van der Waals surface area contributed by atoms with Gasteiger partial charge in [-0.05, 0) is 41.7 Å². The van der Waals surface area contributed by atoms with Gasteiger partial charge in [0.15, 0.2) is 9.84 Å². The van der Waals surface area contributed by atoms with Gasteiger partial charge < -0.3 is 5.32 Å². The first-order valence-electron chi connectivity index (χ1n) is 8.91. The number of sulfone groups is 1. The molecule has 1 unspecified atom stereocenters. The second-order valence-electron chi connectivity index (χ2n) is 7.69. The van der Waals surface area contributed by atoms with Crippen LogP contribution in [0.25, 0.3) is 0 Å². The molecular formula is C19H27NO3S. The van der Waals surface area contributed by atoms with Crippen molar-refractivity contribution < 1.29 is 13.2 Å². The standard InChI is InChI=1S/C19H27NO3S/c1-13(2)18-10-15(16-5-3-4-6-17(16)18)11-20-19(21)9-14-7-8-24(22,23)12-14/h3-6,13-15,18H,7-12H2,1-2H3,(H,20,21)/t14?,15-,18-/m0/s1. The summed E-state index contributed by atoms with van der Waals surface area (Å²) in [5, 5.41) is 3.05. The van der Waals surface area contributed by atoms with Crippen molar-refractivity contribution in [2.75, 3.05) is 18.1 Å². The Hall–Kier alpha value is -1.36. The highest BCUT2D eigenvalue weighted by molar-refractivity contribution is 7.91. The quantitative estimate of drug-likeness (QED) is 0.889. The molecule has 24 heavy (non-hydrogen) atoms. The largest absolute Gasteiger partial charge is 0.355 e. The van der Waals surface area contributed by atoms with E-state index in [1.54, 1.807) is 0 Å². The van der Waals surface area contributed by atoms with Crippen LogP contribution in [0.4, 0.5) is 0 Å². The Bertz CT molecular complexity index is 711. The van der Waals surface area contributed by atoms with Crippen molar-refractivity contribution in [3.05, 3.63) is 35.4 Å². The molecule has 1 N–H and O–H groups in total. The van der Waals surface area contributed by atoms with E-state index in [9.17, 15) is 13.2 Å². The molecule has 3 atom stereocenters. The molecular weight excluding hydrogens is 322 g/mol. The maximum Gasteiger partial charge on any atom is 0.220 e. The van der Waals surface area contributed by atoms with Crippen LogP contribution in [-0.2, 0) is 14.6 Å². The van der Waals surface area contributed by atoms with Crippen LogP contribution in [0, 0.1) is 11.8 Å². The second-order valence-corrected chi connectivity index (χ2v) is 9.92. The summed E-state index contributed by atoms with van der Waals surface area (Å²) in [7, 11) is -2.91. The van der Waals surface area contributed by atoms with Crippen molar-refractivity contribution >= 4 is 15.7 Å². The summed E-state index contributed by atoms with van der Waals surface area (Å²) in [5.41, 5.74) is 2.79. The number of hydrogen-bond donors (Lipinski definition) is 1. The molecule has 0 spiro atoms. The maximum atomic E-state index is 12.2. The Morgan fingerprint density at radius 2 is 1.96 bits per heavy atom. The molecule has 2 aliphatic rings. The van der Waals surface area contributed by atoms with Crippen LogP contribution in [0.2, 0.25) is 0 Å². The zero-order valence-corrected chi connectivity index (χ0v) is 15.3. The smallest absolute Gasteiger partial charge is 0.220 e. The number of fused-ring (bicyclic) bond motifs is 1. The highest BCUT2D eigenvalue weighted by atomic mass is 32.2. The molecule has 1 heterocycles. The van der Waals surface area contributed by atoms with Crippen molar-refractivity contribution in [3.63, 3.8) is 0 Å². The maximum absolute atomic E-state index is 12.2. The van der Waals surface area contributed by atoms with E-state index < -0.39 is 9.84 Å². The minimum absolute atomic E-state index is 0.00530. The SMILES string of the molecule is CC(C)[C@@H]1C[C@@H](CNC(=O)CC2CCS(=O)(=O)C2)c2ccccc21. The van der Waals surface area contributed by atoms with Crippen LogP contribution in [0.3, 0.4) is 0 Å². The number of carbonyl (C=O) groups is 1. The molecule has 132 valence electrons. The summed E-state index contributed by atoms with van der Waals surface area (Å²) in [4.78, 5) is 12.2. The third kappa shape index (κ3) is 3.82. The molecule has 0 radical (unpaired) electrons. The van der Waals surface area contributed by atoms with Gasteiger partial charge in [-0.3, -0.25) is 4.79 Å². The van der Waals surface area contributed by atoms with E-state index in [1.165, 1.54) is 11.1 Å². The average molecular weight is 349 g/mol. The van der Waals surface area contributed by atoms with E-state index in [0.29, 0.717) is 37.1 Å². The van der Waals surface area contributed by atoms with Crippen LogP contribution in [0.5, 0.6) is 0 Å². The fraction of sp³-hybridized carbons (Fsp3) is 0.632. The monoisotopic (exact) mass is 349 g/mol. The lowest BCUT2D eigenvalue weighted by molar-refractivity contribution is -0.121. The molecule has 1 aliphatic heterocycles. The van der Waals surface area contributed by atoms with Gasteiger partial charge in [0.1, 0.15) is 0 Å². The molecule has 0 saturated carbocycles. The first-order chi connectivity index (χ1) is 11.4. The van der Waals surface area contributed by atoms with E-state index in [-0.39, 0.29) is 23.3 Å². The third-order valence-corrected chi connectivity index (χ3v) is 7.36. The van der Waals surface area contributed by atoms with Crippen LogP contribution in [-0.4, -0.2) is 32.4 Å². The first kappa shape index (κ1) is 17.5. The van der Waals surface area contributed by atoms with E-state index in [1.807, 2.05) is 0 Å². The Morgan fingerprint density at radius 1 is 1.25 bits per heavy atom. The molecule has 1 aromatic rings. The molecule has 1 amide bonds. The van der Waals surface area contributed by atoms with Gasteiger partial charge in [0, 0.05) is 18.9 Å². The molecule has 1 aliphatic carbocycles. The van der Waals surface area contributed by atoms with Crippen molar-refractivity contribution in [2.24, 2.45) is 11.8 Å². The number of hydrogen-bond acceptors (Lipinski definition) is 3. The number of amides is 1. The normalized spacial score (nSPS) is 28.0. The van der Waals surface area contributed by atoms with Crippen LogP contribution >= 0.6 is 0 Å². The summed E-state index contributed by atoms with van der Waals surface area (Å²) in [6.45, 7) is 5.16. The van der Waals surface area contributed by atoms with E-state index >= 15 is 0 Å². The van der Waals surface area contributed by atoms with Gasteiger partial charge in [-0.2, -0.15) is 0 Å². The molecule has 3 rings (SSSR count). The molecule has 1 aromatic carbocycles. The fourth-order valence-corrected chi connectivity index (χ4v) is 6.07. The Balaban J connectivity index is 1.56. The first-order valence-corrected chi connectivity index (χ1v) is 10.7. The number of nitrogens with one attached hydrogen (secondary N) is 1. The van der Waals surface area contributed by atoms with Gasteiger partial charge in [-0.25, -0.2) is 8.42 Å². The van der Waals surface area contributed by atoms with Gasteiger partial charge in [0.25, 0.3) is 0 Å². The van der Waals surface area contributed by atoms with Gasteiger partial charge >= 0.3 is 0 Å².